The molecule has 1 amide bonds. The Morgan fingerprint density at radius 2 is 1.23 bits per heavy atom. The number of nitrogens with one attached hydrogen (secondary N) is 2. The second-order valence-corrected chi connectivity index (χ2v) is 9.64. The molecule has 40 heavy (non-hydrogen) atoms. The fourth-order valence-electron chi connectivity index (χ4n) is 4.63. The molecule has 5 rings (SSSR count). The largest absolute Gasteiger partial charge is 0.479 e. The maximum atomic E-state index is 13.1. The lowest BCUT2D eigenvalue weighted by molar-refractivity contribution is -0.147. The number of aromatic amines is 1. The summed E-state index contributed by atoms with van der Waals surface area (Å²) in [7, 11) is 0. The highest BCUT2D eigenvalue weighted by Crippen LogP contribution is 2.24. The van der Waals surface area contributed by atoms with Crippen LogP contribution in [0.2, 0.25) is 0 Å². The van der Waals surface area contributed by atoms with E-state index in [2.05, 4.69) is 15.5 Å². The van der Waals surface area contributed by atoms with Crippen LogP contribution in [-0.2, 0) is 11.2 Å². The number of rotatable bonds is 10. The second-order valence-electron chi connectivity index (χ2n) is 9.64. The molecule has 0 aliphatic carbocycles. The second kappa shape index (κ2) is 12.2. The molecular formula is C33H29N3O4. The normalized spacial score (nSPS) is 12.4. The number of hydrogen-bond donors (Lipinski definition) is 4. The number of carbonyl (C=O) groups is 2. The monoisotopic (exact) mass is 531 g/mol. The first-order valence-corrected chi connectivity index (χ1v) is 13.0. The third-order valence-electron chi connectivity index (χ3n) is 6.78. The summed E-state index contributed by atoms with van der Waals surface area (Å²) in [4.78, 5) is 24.4. The van der Waals surface area contributed by atoms with Crippen molar-refractivity contribution in [1.29, 1.82) is 0 Å². The molecule has 0 bridgehead atoms. The molecule has 7 nitrogen and oxygen atoms in total. The highest BCUT2D eigenvalue weighted by atomic mass is 16.4. The summed E-state index contributed by atoms with van der Waals surface area (Å²) in [5.74, 6) is -1.79. The van der Waals surface area contributed by atoms with Gasteiger partial charge >= 0.3 is 5.97 Å². The summed E-state index contributed by atoms with van der Waals surface area (Å²) in [6.45, 7) is 0. The minimum absolute atomic E-state index is 0.139. The van der Waals surface area contributed by atoms with E-state index in [4.69, 9.17) is 0 Å². The predicted octanol–water partition coefficient (Wildman–Crippen LogP) is 5.59. The summed E-state index contributed by atoms with van der Waals surface area (Å²) in [6.07, 6.45) is -1.39. The van der Waals surface area contributed by atoms with E-state index in [-0.39, 0.29) is 12.1 Å². The smallest absolute Gasteiger partial charge is 0.332 e. The first-order chi connectivity index (χ1) is 19.5. The number of benzene rings is 4. The van der Waals surface area contributed by atoms with Crippen molar-refractivity contribution in [2.75, 3.05) is 0 Å². The lowest BCUT2D eigenvalue weighted by atomic mass is 9.97. The first kappa shape index (κ1) is 26.6. The van der Waals surface area contributed by atoms with Gasteiger partial charge in [0, 0.05) is 12.5 Å². The van der Waals surface area contributed by atoms with Crippen molar-refractivity contribution in [3.05, 3.63) is 127 Å². The number of aliphatic hydroxyl groups is 1. The van der Waals surface area contributed by atoms with Crippen LogP contribution in [0.4, 0.5) is 0 Å². The van der Waals surface area contributed by atoms with Gasteiger partial charge in [0.1, 0.15) is 0 Å². The molecular weight excluding hydrogens is 502 g/mol. The number of nitrogens with zero attached hydrogens (tertiary/aromatic N) is 1. The predicted molar refractivity (Wildman–Crippen MR) is 155 cm³/mol. The number of carbonyl (C=O) groups excluding carboxylic acids is 1. The van der Waals surface area contributed by atoms with Gasteiger partial charge in [-0.05, 0) is 45.9 Å². The van der Waals surface area contributed by atoms with Gasteiger partial charge in [-0.2, -0.15) is 5.10 Å². The van der Waals surface area contributed by atoms with E-state index >= 15 is 0 Å². The molecule has 1 heterocycles. The molecule has 0 radical (unpaired) electrons. The molecule has 0 aliphatic heterocycles. The van der Waals surface area contributed by atoms with Crippen LogP contribution in [0.15, 0.2) is 115 Å². The minimum atomic E-state index is -1.60. The number of aromatic nitrogens is 2. The maximum Gasteiger partial charge on any atom is 0.332 e. The van der Waals surface area contributed by atoms with Crippen LogP contribution in [0, 0.1) is 0 Å². The van der Waals surface area contributed by atoms with Crippen LogP contribution >= 0.6 is 0 Å². The fourth-order valence-corrected chi connectivity index (χ4v) is 4.63. The Bertz CT molecular complexity index is 1560. The Labute approximate surface area is 232 Å². The van der Waals surface area contributed by atoms with Crippen molar-refractivity contribution in [3.63, 3.8) is 0 Å². The van der Waals surface area contributed by atoms with Crippen LogP contribution in [-0.4, -0.2) is 44.4 Å². The third kappa shape index (κ3) is 6.51. The fraction of sp³-hybridized carbons (Fsp3) is 0.121. The molecule has 5 aromatic rings. The van der Waals surface area contributed by atoms with Gasteiger partial charge in [0.25, 0.3) is 5.91 Å². The molecule has 2 atom stereocenters. The van der Waals surface area contributed by atoms with Crippen LogP contribution in [0.5, 0.6) is 0 Å². The summed E-state index contributed by atoms with van der Waals surface area (Å²) < 4.78 is 0. The molecule has 0 fully saturated rings. The average molecular weight is 532 g/mol. The Hall–Kier alpha value is -5.01. The average Bonchev–Trinajstić information content (AvgIpc) is 3.49. The van der Waals surface area contributed by atoms with Gasteiger partial charge < -0.3 is 15.5 Å². The number of H-pyrrole nitrogens is 1. The van der Waals surface area contributed by atoms with Gasteiger partial charge in [-0.25, -0.2) is 4.79 Å². The number of aliphatic carboxylic acids is 1. The molecule has 0 spiro atoms. The van der Waals surface area contributed by atoms with Crippen molar-refractivity contribution in [2.45, 2.75) is 25.0 Å². The number of hydrogen-bond acceptors (Lipinski definition) is 4. The number of amides is 1. The molecule has 0 aliphatic rings. The van der Waals surface area contributed by atoms with Crippen molar-refractivity contribution in [3.8, 4) is 33.5 Å². The quantitative estimate of drug-likeness (QED) is 0.188. The summed E-state index contributed by atoms with van der Waals surface area (Å²) in [5.41, 5.74) is 6.98. The van der Waals surface area contributed by atoms with Gasteiger partial charge in [-0.3, -0.25) is 9.89 Å². The lowest BCUT2D eigenvalue weighted by Crippen LogP contribution is -2.40. The van der Waals surface area contributed by atoms with Gasteiger partial charge in [0.15, 0.2) is 11.8 Å². The number of carboxylic acid groups (broad SMARTS) is 1. The van der Waals surface area contributed by atoms with E-state index < -0.39 is 24.0 Å². The Morgan fingerprint density at radius 1 is 0.725 bits per heavy atom. The Kier molecular flexibility index (Phi) is 8.13. The van der Waals surface area contributed by atoms with E-state index in [1.165, 1.54) is 0 Å². The minimum Gasteiger partial charge on any atom is -0.479 e. The molecule has 0 saturated heterocycles. The zero-order chi connectivity index (χ0) is 27.9. The first-order valence-electron chi connectivity index (χ1n) is 13.0. The summed E-state index contributed by atoms with van der Waals surface area (Å²) >= 11 is 0. The molecule has 4 N–H and O–H groups in total. The van der Waals surface area contributed by atoms with Crippen molar-refractivity contribution in [2.24, 2.45) is 0 Å². The van der Waals surface area contributed by atoms with E-state index in [9.17, 15) is 19.8 Å². The number of carboxylic acids is 1. The van der Waals surface area contributed by atoms with Crippen LogP contribution in [0.3, 0.4) is 0 Å². The van der Waals surface area contributed by atoms with E-state index in [1.54, 1.807) is 6.07 Å². The summed E-state index contributed by atoms with van der Waals surface area (Å²) in [6, 6.07) is 36.9. The SMILES string of the molecule is O=C(NC(Cc1ccc(-c2ccccc2)cc1)CC(O)C(=O)O)c1cc(-c2ccc(-c3ccccc3)cc2)[nH]n1. The van der Waals surface area contributed by atoms with Crippen molar-refractivity contribution >= 4 is 11.9 Å². The van der Waals surface area contributed by atoms with Crippen LogP contribution in [0.1, 0.15) is 22.5 Å². The topological polar surface area (TPSA) is 115 Å². The van der Waals surface area contributed by atoms with E-state index in [1.807, 2.05) is 109 Å². The molecule has 2 unspecified atom stereocenters. The maximum absolute atomic E-state index is 13.1. The highest BCUT2D eigenvalue weighted by Gasteiger charge is 2.23. The molecule has 200 valence electrons. The molecule has 7 heteroatoms. The van der Waals surface area contributed by atoms with Gasteiger partial charge in [0.05, 0.1) is 5.69 Å². The molecule has 0 saturated carbocycles. The standard InChI is InChI=1S/C33H29N3O4/c37-31(33(39)40)20-28(19-22-11-13-25(14-12-22)23-7-3-1-4-8-23)34-32(38)30-21-29(35-36-30)27-17-15-26(16-18-27)24-9-5-2-6-10-24/h1-18,21,28,31,37H,19-20H2,(H,34,38)(H,35,36)(H,39,40). The summed E-state index contributed by atoms with van der Waals surface area (Å²) in [5, 5.41) is 29.2. The van der Waals surface area contributed by atoms with Gasteiger partial charge in [-0.1, -0.05) is 109 Å². The van der Waals surface area contributed by atoms with Crippen molar-refractivity contribution < 1.29 is 19.8 Å². The molecule has 4 aromatic carbocycles. The van der Waals surface area contributed by atoms with E-state index in [0.29, 0.717) is 12.1 Å². The Morgan fingerprint density at radius 3 is 1.77 bits per heavy atom. The zero-order valence-corrected chi connectivity index (χ0v) is 21.7. The number of aliphatic hydroxyl groups excluding tert-OH is 1. The van der Waals surface area contributed by atoms with Crippen LogP contribution in [0.25, 0.3) is 33.5 Å². The molecule has 1 aromatic heterocycles. The zero-order valence-electron chi connectivity index (χ0n) is 21.7. The van der Waals surface area contributed by atoms with E-state index in [0.717, 1.165) is 33.4 Å². The van der Waals surface area contributed by atoms with Crippen molar-refractivity contribution in [1.82, 2.24) is 15.5 Å². The lowest BCUT2D eigenvalue weighted by Gasteiger charge is -2.20. The van der Waals surface area contributed by atoms with Gasteiger partial charge in [-0.15, -0.1) is 0 Å². The highest BCUT2D eigenvalue weighted by molar-refractivity contribution is 5.93. The van der Waals surface area contributed by atoms with Crippen LogP contribution < -0.4 is 5.32 Å². The Balaban J connectivity index is 1.28. The van der Waals surface area contributed by atoms with Gasteiger partial charge in [0.2, 0.25) is 0 Å². The third-order valence-corrected chi connectivity index (χ3v) is 6.78.